The molecule has 0 saturated heterocycles. The Hall–Kier alpha value is -1.22. The van der Waals surface area contributed by atoms with Gasteiger partial charge in [-0.1, -0.05) is 25.4 Å². The molecule has 1 aromatic carbocycles. The van der Waals surface area contributed by atoms with Crippen LogP contribution in [0, 0.1) is 0 Å². The van der Waals surface area contributed by atoms with Crippen molar-refractivity contribution in [2.24, 2.45) is 0 Å². The van der Waals surface area contributed by atoms with Gasteiger partial charge in [-0.25, -0.2) is 4.79 Å². The Morgan fingerprint density at radius 1 is 1.47 bits per heavy atom. The fraction of sp³-hybridized carbons (Fsp3) is 0.462. The van der Waals surface area contributed by atoms with E-state index in [1.54, 1.807) is 6.07 Å². The zero-order valence-corrected chi connectivity index (χ0v) is 11.1. The van der Waals surface area contributed by atoms with Gasteiger partial charge in [-0.15, -0.1) is 0 Å². The Labute approximate surface area is 106 Å². The zero-order chi connectivity index (χ0) is 12.8. The Balaban J connectivity index is 2.65. The molecule has 1 unspecified atom stereocenters. The number of esters is 1. The summed E-state index contributed by atoms with van der Waals surface area (Å²) in [5.41, 5.74) is 1.19. The molecule has 0 aromatic heterocycles. The second-order valence-corrected chi connectivity index (χ2v) is 5.24. The summed E-state index contributed by atoms with van der Waals surface area (Å²) in [4.78, 5) is 11.7. The predicted octanol–water partition coefficient (Wildman–Crippen LogP) is 3.19. The van der Waals surface area contributed by atoms with Crippen LogP contribution in [0.1, 0.15) is 36.7 Å². The molecule has 1 aliphatic heterocycles. The highest BCUT2D eigenvalue weighted by atomic mass is 35.5. The molecule has 0 aliphatic carbocycles. The van der Waals surface area contributed by atoms with Crippen molar-refractivity contribution in [3.8, 4) is 5.75 Å². The number of halogens is 1. The lowest BCUT2D eigenvalue weighted by Crippen LogP contribution is -2.28. The fourth-order valence-electron chi connectivity index (χ4n) is 2.00. The fourth-order valence-corrected chi connectivity index (χ4v) is 2.22. The minimum atomic E-state index is -0.423. The number of hydrogen-bond acceptors (Lipinski definition) is 3. The molecule has 0 amide bonds. The lowest BCUT2D eigenvalue weighted by Gasteiger charge is -2.22. The van der Waals surface area contributed by atoms with Gasteiger partial charge < -0.3 is 9.47 Å². The Kier molecular flexibility index (Phi) is 2.82. The molecule has 2 rings (SSSR count). The Morgan fingerprint density at radius 2 is 2.12 bits per heavy atom. The highest BCUT2D eigenvalue weighted by Crippen LogP contribution is 2.46. The summed E-state index contributed by atoms with van der Waals surface area (Å²) < 4.78 is 10.5. The van der Waals surface area contributed by atoms with Crippen molar-refractivity contribution < 1.29 is 14.3 Å². The molecule has 0 radical (unpaired) electrons. The molecule has 92 valence electrons. The number of rotatable bonds is 1. The van der Waals surface area contributed by atoms with E-state index < -0.39 is 5.97 Å². The molecular formula is C13H15ClO3. The second-order valence-electron chi connectivity index (χ2n) is 4.80. The molecule has 4 heteroatoms. The predicted molar refractivity (Wildman–Crippen MR) is 65.9 cm³/mol. The zero-order valence-electron chi connectivity index (χ0n) is 10.3. The summed E-state index contributed by atoms with van der Waals surface area (Å²) in [5, 5.41) is 0.523. The molecule has 0 spiro atoms. The first-order valence-corrected chi connectivity index (χ1v) is 5.84. The summed E-state index contributed by atoms with van der Waals surface area (Å²) in [7, 11) is 1.35. The van der Waals surface area contributed by atoms with Gasteiger partial charge in [0.05, 0.1) is 7.11 Å². The van der Waals surface area contributed by atoms with Gasteiger partial charge in [0.15, 0.2) is 0 Å². The monoisotopic (exact) mass is 254 g/mol. The molecule has 0 fully saturated rings. The van der Waals surface area contributed by atoms with Crippen LogP contribution in [0.3, 0.4) is 0 Å². The lowest BCUT2D eigenvalue weighted by molar-refractivity contribution is 0.0594. The van der Waals surface area contributed by atoms with Gasteiger partial charge in [0.1, 0.15) is 17.4 Å². The third-order valence-corrected chi connectivity index (χ3v) is 3.68. The van der Waals surface area contributed by atoms with E-state index >= 15 is 0 Å². The molecule has 1 atom stereocenters. The summed E-state index contributed by atoms with van der Waals surface area (Å²) in [6, 6.07) is 3.44. The van der Waals surface area contributed by atoms with Crippen LogP contribution in [-0.4, -0.2) is 19.2 Å². The van der Waals surface area contributed by atoms with Crippen molar-refractivity contribution >= 4 is 17.6 Å². The van der Waals surface area contributed by atoms with E-state index in [-0.39, 0.29) is 11.5 Å². The number of fused-ring (bicyclic) bond motifs is 1. The van der Waals surface area contributed by atoms with Crippen LogP contribution in [0.2, 0.25) is 5.02 Å². The largest absolute Gasteiger partial charge is 0.489 e. The molecule has 1 aromatic rings. The van der Waals surface area contributed by atoms with Crippen molar-refractivity contribution in [1.29, 1.82) is 0 Å². The first-order chi connectivity index (χ1) is 7.87. The van der Waals surface area contributed by atoms with Gasteiger partial charge in [0.25, 0.3) is 0 Å². The lowest BCUT2D eigenvalue weighted by atomic mass is 9.81. The topological polar surface area (TPSA) is 35.5 Å². The van der Waals surface area contributed by atoms with Crippen LogP contribution in [0.15, 0.2) is 12.1 Å². The third-order valence-electron chi connectivity index (χ3n) is 3.46. The standard InChI is InChI=1S/C13H15ClO3/c1-7-13(2,3)10-6-8(14)5-9(11(10)17-7)12(15)16-4/h5-7H,1-4H3. The van der Waals surface area contributed by atoms with E-state index in [9.17, 15) is 4.79 Å². The van der Waals surface area contributed by atoms with E-state index in [2.05, 4.69) is 13.8 Å². The molecule has 1 aliphatic rings. The van der Waals surface area contributed by atoms with Crippen molar-refractivity contribution in [1.82, 2.24) is 0 Å². The van der Waals surface area contributed by atoms with Gasteiger partial charge in [-0.05, 0) is 19.1 Å². The van der Waals surface area contributed by atoms with Crippen LogP contribution >= 0.6 is 11.6 Å². The van der Waals surface area contributed by atoms with Gasteiger partial charge in [-0.3, -0.25) is 0 Å². The number of methoxy groups -OCH3 is 1. The molecular weight excluding hydrogens is 240 g/mol. The molecule has 3 nitrogen and oxygen atoms in total. The highest BCUT2D eigenvalue weighted by molar-refractivity contribution is 6.31. The van der Waals surface area contributed by atoms with Crippen molar-refractivity contribution in [2.75, 3.05) is 7.11 Å². The van der Waals surface area contributed by atoms with Gasteiger partial charge in [0.2, 0.25) is 0 Å². The van der Waals surface area contributed by atoms with Crippen LogP contribution in [0.25, 0.3) is 0 Å². The molecule has 0 saturated carbocycles. The number of ether oxygens (including phenoxy) is 2. The smallest absolute Gasteiger partial charge is 0.341 e. The maximum Gasteiger partial charge on any atom is 0.341 e. The number of hydrogen-bond donors (Lipinski definition) is 0. The maximum absolute atomic E-state index is 11.7. The molecule has 1 heterocycles. The minimum Gasteiger partial charge on any atom is -0.489 e. The summed E-state index contributed by atoms with van der Waals surface area (Å²) in [6.07, 6.45) is -0.000581. The minimum absolute atomic E-state index is 0.000581. The van der Waals surface area contributed by atoms with Crippen LogP contribution in [-0.2, 0) is 10.2 Å². The summed E-state index contributed by atoms with van der Waals surface area (Å²) in [5.74, 6) is 0.174. The maximum atomic E-state index is 11.7. The Morgan fingerprint density at radius 3 is 2.71 bits per heavy atom. The van der Waals surface area contributed by atoms with E-state index in [1.165, 1.54) is 7.11 Å². The molecule has 0 bridgehead atoms. The second kappa shape index (κ2) is 3.91. The number of carbonyl (C=O) groups is 1. The number of carbonyl (C=O) groups excluding carboxylic acids is 1. The Bertz CT molecular complexity index is 480. The highest BCUT2D eigenvalue weighted by Gasteiger charge is 2.41. The average molecular weight is 255 g/mol. The quantitative estimate of drug-likeness (QED) is 0.722. The summed E-state index contributed by atoms with van der Waals surface area (Å²) >= 11 is 6.04. The van der Waals surface area contributed by atoms with Crippen LogP contribution in [0.4, 0.5) is 0 Å². The van der Waals surface area contributed by atoms with Crippen molar-refractivity contribution in [2.45, 2.75) is 32.3 Å². The van der Waals surface area contributed by atoms with E-state index in [0.717, 1.165) is 5.56 Å². The van der Waals surface area contributed by atoms with Gasteiger partial charge in [-0.2, -0.15) is 0 Å². The molecule has 17 heavy (non-hydrogen) atoms. The van der Waals surface area contributed by atoms with Crippen molar-refractivity contribution in [3.05, 3.63) is 28.3 Å². The van der Waals surface area contributed by atoms with Crippen LogP contribution < -0.4 is 4.74 Å². The van der Waals surface area contributed by atoms with Gasteiger partial charge >= 0.3 is 5.97 Å². The van der Waals surface area contributed by atoms with E-state index in [0.29, 0.717) is 16.3 Å². The van der Waals surface area contributed by atoms with E-state index in [4.69, 9.17) is 21.1 Å². The SMILES string of the molecule is COC(=O)c1cc(Cl)cc2c1OC(C)C2(C)C. The third kappa shape index (κ3) is 1.78. The number of benzene rings is 1. The molecule has 0 N–H and O–H groups in total. The van der Waals surface area contributed by atoms with E-state index in [1.807, 2.05) is 13.0 Å². The van der Waals surface area contributed by atoms with Crippen molar-refractivity contribution in [3.63, 3.8) is 0 Å². The van der Waals surface area contributed by atoms with Gasteiger partial charge in [0, 0.05) is 16.0 Å². The first-order valence-electron chi connectivity index (χ1n) is 5.47. The average Bonchev–Trinajstić information content (AvgIpc) is 2.50. The summed E-state index contributed by atoms with van der Waals surface area (Å²) in [6.45, 7) is 6.12. The normalized spacial score (nSPS) is 20.6. The first kappa shape index (κ1) is 12.2. The van der Waals surface area contributed by atoms with Crippen LogP contribution in [0.5, 0.6) is 5.75 Å².